The van der Waals surface area contributed by atoms with E-state index in [-0.39, 0.29) is 23.5 Å². The van der Waals surface area contributed by atoms with E-state index >= 15 is 0 Å². The van der Waals surface area contributed by atoms with Crippen LogP contribution in [0.15, 0.2) is 35.2 Å². The molecule has 0 bridgehead atoms. The molecule has 0 fully saturated rings. The minimum absolute atomic E-state index is 0.0577. The number of fused-ring (bicyclic) bond motifs is 1. The average Bonchev–Trinajstić information content (AvgIpc) is 2.75. The van der Waals surface area contributed by atoms with Gasteiger partial charge in [0, 0.05) is 12.2 Å². The van der Waals surface area contributed by atoms with Crippen molar-refractivity contribution in [1.82, 2.24) is 9.03 Å². The quantitative estimate of drug-likeness (QED) is 0.485. The fourth-order valence-corrected chi connectivity index (χ4v) is 6.73. The van der Waals surface area contributed by atoms with Gasteiger partial charge in [0.05, 0.1) is 11.5 Å². The van der Waals surface area contributed by atoms with E-state index in [1.54, 1.807) is 57.7 Å². The van der Waals surface area contributed by atoms with E-state index in [9.17, 15) is 26.8 Å². The zero-order valence-corrected chi connectivity index (χ0v) is 24.7. The van der Waals surface area contributed by atoms with Gasteiger partial charge in [-0.25, -0.2) is 28.3 Å². The Morgan fingerprint density at radius 2 is 1.69 bits per heavy atom. The number of carbonyl (C=O) groups is 2. The summed E-state index contributed by atoms with van der Waals surface area (Å²) < 4.78 is 69.6. The highest BCUT2D eigenvalue weighted by Gasteiger charge is 2.41. The minimum atomic E-state index is -4.57. The van der Waals surface area contributed by atoms with Crippen molar-refractivity contribution >= 4 is 37.9 Å². The normalized spacial score (nSPS) is 16.7. The summed E-state index contributed by atoms with van der Waals surface area (Å²) >= 11 is 0. The van der Waals surface area contributed by atoms with Crippen molar-refractivity contribution in [2.45, 2.75) is 50.7 Å². The first kappa shape index (κ1) is 30.6. The SMILES string of the molecule is CCOc1ccc2c(c1)CCN(S(=O)(=O)NC(=O)OC(C)(C)C)[C@H]2C(=O)Nc1cc(F)c(S(C)(C)C)c(F)c1. The summed E-state index contributed by atoms with van der Waals surface area (Å²) in [6, 6.07) is 5.43. The number of nitrogens with zero attached hydrogens (tertiary/aromatic N) is 1. The van der Waals surface area contributed by atoms with Crippen molar-refractivity contribution < 1.29 is 36.3 Å². The molecule has 39 heavy (non-hydrogen) atoms. The molecule has 3 rings (SSSR count). The molecule has 1 atom stereocenters. The summed E-state index contributed by atoms with van der Waals surface area (Å²) in [5.41, 5.74) is -0.129. The molecule has 0 radical (unpaired) electrons. The topological polar surface area (TPSA) is 114 Å². The van der Waals surface area contributed by atoms with Crippen LogP contribution in [0.25, 0.3) is 0 Å². The Morgan fingerprint density at radius 3 is 2.23 bits per heavy atom. The number of benzene rings is 2. The molecule has 1 aliphatic heterocycles. The van der Waals surface area contributed by atoms with Crippen LogP contribution >= 0.6 is 10.0 Å². The predicted molar refractivity (Wildman–Crippen MR) is 148 cm³/mol. The lowest BCUT2D eigenvalue weighted by Crippen LogP contribution is -2.51. The first-order valence-corrected chi connectivity index (χ1v) is 16.5. The number of hydrogen-bond acceptors (Lipinski definition) is 6. The van der Waals surface area contributed by atoms with Crippen LogP contribution in [0.3, 0.4) is 0 Å². The van der Waals surface area contributed by atoms with E-state index in [1.807, 2.05) is 11.6 Å². The molecular formula is C26H35F2N3O6S2. The number of nitrogens with one attached hydrogen (secondary N) is 2. The van der Waals surface area contributed by atoms with Gasteiger partial charge >= 0.3 is 16.3 Å². The van der Waals surface area contributed by atoms with Crippen LogP contribution in [0.2, 0.25) is 0 Å². The molecule has 0 aliphatic carbocycles. The number of halogens is 2. The van der Waals surface area contributed by atoms with Gasteiger partial charge in [0.25, 0.3) is 0 Å². The molecule has 216 valence electrons. The van der Waals surface area contributed by atoms with Crippen LogP contribution in [0.4, 0.5) is 19.3 Å². The van der Waals surface area contributed by atoms with Crippen LogP contribution in [-0.4, -0.2) is 62.2 Å². The van der Waals surface area contributed by atoms with Gasteiger partial charge in [0.15, 0.2) is 0 Å². The summed E-state index contributed by atoms with van der Waals surface area (Å²) in [4.78, 5) is 25.8. The molecule has 0 saturated carbocycles. The Bertz CT molecular complexity index is 1350. The third kappa shape index (κ3) is 7.40. The monoisotopic (exact) mass is 587 g/mol. The first-order chi connectivity index (χ1) is 17.9. The lowest BCUT2D eigenvalue weighted by molar-refractivity contribution is -0.120. The molecule has 0 spiro atoms. The van der Waals surface area contributed by atoms with Crippen molar-refractivity contribution in [1.29, 1.82) is 0 Å². The lowest BCUT2D eigenvalue weighted by atomic mass is 9.93. The maximum absolute atomic E-state index is 14.8. The maximum atomic E-state index is 14.8. The van der Waals surface area contributed by atoms with Crippen LogP contribution in [0, 0.1) is 11.6 Å². The molecule has 13 heteroatoms. The number of carbonyl (C=O) groups excluding carboxylic acids is 2. The number of rotatable bonds is 7. The molecule has 9 nitrogen and oxygen atoms in total. The second-order valence-corrected chi connectivity index (χ2v) is 16.5. The smallest absolute Gasteiger partial charge is 0.422 e. The van der Waals surface area contributed by atoms with Crippen LogP contribution in [0.1, 0.15) is 44.9 Å². The van der Waals surface area contributed by atoms with E-state index in [2.05, 4.69) is 5.32 Å². The molecule has 0 unspecified atom stereocenters. The number of anilines is 1. The van der Waals surface area contributed by atoms with Gasteiger partial charge in [-0.3, -0.25) is 4.79 Å². The number of ether oxygens (including phenoxy) is 2. The molecule has 2 aromatic rings. The van der Waals surface area contributed by atoms with Gasteiger partial charge in [-0.15, -0.1) is 0 Å². The van der Waals surface area contributed by atoms with E-state index in [0.29, 0.717) is 23.5 Å². The maximum Gasteiger partial charge on any atom is 0.422 e. The molecule has 2 aromatic carbocycles. The second kappa shape index (κ2) is 11.3. The van der Waals surface area contributed by atoms with E-state index in [4.69, 9.17) is 9.47 Å². The van der Waals surface area contributed by atoms with E-state index < -0.39 is 55.5 Å². The summed E-state index contributed by atoms with van der Waals surface area (Å²) in [6.45, 7) is 6.80. The second-order valence-electron chi connectivity index (χ2n) is 10.8. The minimum Gasteiger partial charge on any atom is -0.494 e. The number of hydrogen-bond donors (Lipinski definition) is 2. The molecule has 2 amide bonds. The van der Waals surface area contributed by atoms with Crippen molar-refractivity contribution in [2.75, 3.05) is 37.2 Å². The highest BCUT2D eigenvalue weighted by atomic mass is 32.3. The molecule has 0 saturated heterocycles. The Kier molecular flexibility index (Phi) is 8.88. The highest BCUT2D eigenvalue weighted by Crippen LogP contribution is 2.48. The van der Waals surface area contributed by atoms with Gasteiger partial charge < -0.3 is 14.8 Å². The van der Waals surface area contributed by atoms with Crippen LogP contribution in [0.5, 0.6) is 5.75 Å². The van der Waals surface area contributed by atoms with Gasteiger partial charge in [0.1, 0.15) is 29.0 Å². The Labute approximate surface area is 229 Å². The zero-order chi connectivity index (χ0) is 29.3. The fourth-order valence-electron chi connectivity index (χ4n) is 4.26. The van der Waals surface area contributed by atoms with Crippen molar-refractivity contribution in [3.05, 3.63) is 53.1 Å². The molecule has 1 heterocycles. The summed E-state index contributed by atoms with van der Waals surface area (Å²) in [7, 11) is -6.32. The van der Waals surface area contributed by atoms with Crippen LogP contribution < -0.4 is 14.8 Å². The first-order valence-electron chi connectivity index (χ1n) is 12.2. The molecule has 0 aromatic heterocycles. The third-order valence-corrected chi connectivity index (χ3v) is 8.71. The summed E-state index contributed by atoms with van der Waals surface area (Å²) in [5, 5.41) is 2.46. The summed E-state index contributed by atoms with van der Waals surface area (Å²) in [5.74, 6) is -1.93. The number of amides is 2. The molecular weight excluding hydrogens is 552 g/mol. The Hall–Kier alpha value is -2.90. The standard InChI is InChI=1S/C26H35F2N3O6S2/c1-8-36-18-9-10-19-16(13-18)11-12-31(39(34,35)30-25(33)37-26(2,3)4)22(19)24(32)29-17-14-20(27)23(21(28)15-17)38(5,6)7/h9-10,13-15,22H,8,11-12H2,1-7H3,(H,29,32)(H,30,33)/t22-/m1/s1. The summed E-state index contributed by atoms with van der Waals surface area (Å²) in [6.07, 6.45) is 4.23. The van der Waals surface area contributed by atoms with E-state index in [1.165, 1.54) is 0 Å². The van der Waals surface area contributed by atoms with Gasteiger partial charge in [-0.2, -0.15) is 12.7 Å². The zero-order valence-electron chi connectivity index (χ0n) is 23.1. The highest BCUT2D eigenvalue weighted by molar-refractivity contribution is 8.32. The Morgan fingerprint density at radius 1 is 1.08 bits per heavy atom. The van der Waals surface area contributed by atoms with E-state index in [0.717, 1.165) is 16.4 Å². The fraction of sp³-hybridized carbons (Fsp3) is 0.462. The lowest BCUT2D eigenvalue weighted by Gasteiger charge is -2.35. The predicted octanol–water partition coefficient (Wildman–Crippen LogP) is 4.72. The van der Waals surface area contributed by atoms with Crippen molar-refractivity contribution in [3.8, 4) is 5.75 Å². The van der Waals surface area contributed by atoms with Gasteiger partial charge in [0.2, 0.25) is 5.91 Å². The average molecular weight is 588 g/mol. The Balaban J connectivity index is 2.01. The van der Waals surface area contributed by atoms with Gasteiger partial charge in [-0.05, 0) is 88.3 Å². The third-order valence-electron chi connectivity index (χ3n) is 5.66. The van der Waals surface area contributed by atoms with Crippen molar-refractivity contribution in [2.24, 2.45) is 0 Å². The van der Waals surface area contributed by atoms with Crippen molar-refractivity contribution in [3.63, 3.8) is 0 Å². The largest absolute Gasteiger partial charge is 0.494 e. The molecule has 2 N–H and O–H groups in total. The van der Waals surface area contributed by atoms with Gasteiger partial charge in [-0.1, -0.05) is 6.07 Å². The van der Waals surface area contributed by atoms with Crippen LogP contribution in [-0.2, 0) is 26.2 Å². The molecule has 1 aliphatic rings.